The molecule has 0 bridgehead atoms. The molecule has 29 heavy (non-hydrogen) atoms. The Labute approximate surface area is 170 Å². The molecule has 4 N–H and O–H groups in total. The van der Waals surface area contributed by atoms with Gasteiger partial charge in [0.15, 0.2) is 0 Å². The highest BCUT2D eigenvalue weighted by atomic mass is 15.2. The highest BCUT2D eigenvalue weighted by Gasteiger charge is 2.12. The van der Waals surface area contributed by atoms with Crippen LogP contribution in [0.3, 0.4) is 0 Å². The topological polar surface area (TPSA) is 88.8 Å². The van der Waals surface area contributed by atoms with Gasteiger partial charge in [0.2, 0.25) is 17.8 Å². The number of nitrogens with one attached hydrogen (secondary N) is 2. The lowest BCUT2D eigenvalue weighted by Crippen LogP contribution is -2.15. The predicted octanol–water partition coefficient (Wildman–Crippen LogP) is 4.43. The summed E-state index contributed by atoms with van der Waals surface area (Å²) < 4.78 is 0. The molecule has 0 saturated heterocycles. The third-order valence-electron chi connectivity index (χ3n) is 4.83. The van der Waals surface area contributed by atoms with Crippen molar-refractivity contribution < 1.29 is 0 Å². The minimum atomic E-state index is 0.0140. The Morgan fingerprint density at radius 2 is 1.55 bits per heavy atom. The van der Waals surface area contributed by atoms with Crippen LogP contribution in [-0.4, -0.2) is 21.5 Å². The molecule has 6 nitrogen and oxygen atoms in total. The van der Waals surface area contributed by atoms with Crippen LogP contribution >= 0.6 is 0 Å². The number of hydrogen-bond acceptors (Lipinski definition) is 6. The second-order valence-corrected chi connectivity index (χ2v) is 6.94. The number of nitrogens with zero attached hydrogens (tertiary/aromatic N) is 3. The van der Waals surface area contributed by atoms with E-state index in [1.165, 1.54) is 21.9 Å². The molecule has 4 rings (SSSR count). The van der Waals surface area contributed by atoms with Gasteiger partial charge in [-0.2, -0.15) is 15.0 Å². The van der Waals surface area contributed by atoms with Gasteiger partial charge >= 0.3 is 0 Å². The Kier molecular flexibility index (Phi) is 5.52. The molecule has 146 valence electrons. The summed E-state index contributed by atoms with van der Waals surface area (Å²) in [6, 6.07) is 24.9. The van der Waals surface area contributed by atoms with Gasteiger partial charge in [-0.25, -0.2) is 0 Å². The molecule has 0 aliphatic heterocycles. The number of hydrogen-bond donors (Lipinski definition) is 3. The molecule has 0 amide bonds. The second-order valence-electron chi connectivity index (χ2n) is 6.94. The number of nitrogen functional groups attached to an aromatic ring is 1. The summed E-state index contributed by atoms with van der Waals surface area (Å²) in [6.45, 7) is 2.80. The van der Waals surface area contributed by atoms with Gasteiger partial charge < -0.3 is 16.4 Å². The van der Waals surface area contributed by atoms with Gasteiger partial charge in [0.1, 0.15) is 0 Å². The standard InChI is InChI=1S/C23H24N6/c1-16(19-13-7-11-18-10-5-6-12-20(18)19)26-23-28-21(24)27-22(29-23)25-15-14-17-8-3-2-4-9-17/h2-13,16H,14-15H2,1H3,(H4,24,25,26,27,28,29)/t16-/m0/s1. The largest absolute Gasteiger partial charge is 0.368 e. The lowest BCUT2D eigenvalue weighted by Gasteiger charge is -2.17. The molecular weight excluding hydrogens is 360 g/mol. The molecule has 1 aromatic heterocycles. The fourth-order valence-corrected chi connectivity index (χ4v) is 3.40. The third-order valence-corrected chi connectivity index (χ3v) is 4.83. The number of nitrogens with two attached hydrogens (primary N) is 1. The van der Waals surface area contributed by atoms with Gasteiger partial charge in [0, 0.05) is 6.54 Å². The lowest BCUT2D eigenvalue weighted by atomic mass is 10.00. The maximum atomic E-state index is 5.90. The fraction of sp³-hybridized carbons (Fsp3) is 0.174. The SMILES string of the molecule is C[C@H](Nc1nc(N)nc(NCCc2ccccc2)n1)c1cccc2ccccc12. The summed E-state index contributed by atoms with van der Waals surface area (Å²) in [7, 11) is 0. The number of fused-ring (bicyclic) bond motifs is 1. The Hall–Kier alpha value is -3.67. The van der Waals surface area contributed by atoms with Gasteiger partial charge in [0.05, 0.1) is 6.04 Å². The summed E-state index contributed by atoms with van der Waals surface area (Å²) in [5.41, 5.74) is 8.34. The molecule has 1 atom stereocenters. The molecule has 0 aliphatic carbocycles. The molecule has 0 radical (unpaired) electrons. The van der Waals surface area contributed by atoms with Gasteiger partial charge in [-0.1, -0.05) is 72.8 Å². The zero-order valence-electron chi connectivity index (χ0n) is 16.3. The third kappa shape index (κ3) is 4.60. The summed E-state index contributed by atoms with van der Waals surface area (Å²) in [6.07, 6.45) is 0.877. The van der Waals surface area contributed by atoms with Crippen molar-refractivity contribution in [3.63, 3.8) is 0 Å². The quantitative estimate of drug-likeness (QED) is 0.437. The fourth-order valence-electron chi connectivity index (χ4n) is 3.40. The van der Waals surface area contributed by atoms with Crippen molar-refractivity contribution in [2.45, 2.75) is 19.4 Å². The molecule has 0 aliphatic rings. The van der Waals surface area contributed by atoms with Crippen LogP contribution in [-0.2, 0) is 6.42 Å². The Bertz CT molecular complexity index is 1090. The maximum absolute atomic E-state index is 5.90. The normalized spacial score (nSPS) is 11.9. The van der Waals surface area contributed by atoms with E-state index in [1.54, 1.807) is 0 Å². The maximum Gasteiger partial charge on any atom is 0.229 e. The Morgan fingerprint density at radius 3 is 2.41 bits per heavy atom. The Balaban J connectivity index is 1.47. The summed E-state index contributed by atoms with van der Waals surface area (Å²) in [5.74, 6) is 1.12. The van der Waals surface area contributed by atoms with Crippen LogP contribution in [0.15, 0.2) is 72.8 Å². The predicted molar refractivity (Wildman–Crippen MR) is 119 cm³/mol. The van der Waals surface area contributed by atoms with Gasteiger partial charge in [-0.15, -0.1) is 0 Å². The summed E-state index contributed by atoms with van der Waals surface area (Å²) >= 11 is 0. The molecule has 0 unspecified atom stereocenters. The first kappa shape index (κ1) is 18.7. The minimum Gasteiger partial charge on any atom is -0.368 e. The van der Waals surface area contributed by atoms with Gasteiger partial charge in [-0.05, 0) is 35.2 Å². The zero-order valence-corrected chi connectivity index (χ0v) is 16.3. The molecule has 0 fully saturated rings. The minimum absolute atomic E-state index is 0.0140. The van der Waals surface area contributed by atoms with Gasteiger partial charge in [0.25, 0.3) is 0 Å². The van der Waals surface area contributed by atoms with E-state index in [2.05, 4.69) is 75.0 Å². The van der Waals surface area contributed by atoms with E-state index >= 15 is 0 Å². The molecule has 0 spiro atoms. The van der Waals surface area contributed by atoms with Crippen molar-refractivity contribution >= 4 is 28.6 Å². The van der Waals surface area contributed by atoms with Crippen LogP contribution in [0.5, 0.6) is 0 Å². The van der Waals surface area contributed by atoms with Crippen LogP contribution in [0.25, 0.3) is 10.8 Å². The Morgan fingerprint density at radius 1 is 0.828 bits per heavy atom. The smallest absolute Gasteiger partial charge is 0.229 e. The van der Waals surface area contributed by atoms with Crippen molar-refractivity contribution in [1.82, 2.24) is 15.0 Å². The van der Waals surface area contributed by atoms with E-state index in [0.717, 1.165) is 6.42 Å². The van der Waals surface area contributed by atoms with E-state index < -0.39 is 0 Å². The van der Waals surface area contributed by atoms with E-state index in [0.29, 0.717) is 18.4 Å². The van der Waals surface area contributed by atoms with Crippen LogP contribution in [0, 0.1) is 0 Å². The van der Waals surface area contributed by atoms with Crippen LogP contribution in [0.4, 0.5) is 17.8 Å². The first-order valence-electron chi connectivity index (χ1n) is 9.72. The molecule has 1 heterocycles. The van der Waals surface area contributed by atoms with Crippen molar-refractivity contribution in [2.24, 2.45) is 0 Å². The summed E-state index contributed by atoms with van der Waals surface area (Å²) in [4.78, 5) is 12.9. The van der Waals surface area contributed by atoms with E-state index in [4.69, 9.17) is 5.73 Å². The average Bonchev–Trinajstić information content (AvgIpc) is 2.73. The molecule has 4 aromatic rings. The second kappa shape index (κ2) is 8.56. The molecule has 3 aromatic carbocycles. The van der Waals surface area contributed by atoms with Crippen molar-refractivity contribution in [2.75, 3.05) is 22.9 Å². The van der Waals surface area contributed by atoms with Crippen molar-refractivity contribution in [3.05, 3.63) is 83.9 Å². The first-order valence-corrected chi connectivity index (χ1v) is 9.72. The van der Waals surface area contributed by atoms with Crippen molar-refractivity contribution in [1.29, 1.82) is 0 Å². The first-order chi connectivity index (χ1) is 14.2. The molecular formula is C23H24N6. The average molecular weight is 384 g/mol. The van der Waals surface area contributed by atoms with E-state index in [1.807, 2.05) is 30.3 Å². The van der Waals surface area contributed by atoms with Crippen molar-refractivity contribution in [3.8, 4) is 0 Å². The number of rotatable bonds is 7. The van der Waals surface area contributed by atoms with Crippen LogP contribution in [0.1, 0.15) is 24.1 Å². The molecule has 6 heteroatoms. The lowest BCUT2D eigenvalue weighted by molar-refractivity contribution is 0.861. The highest BCUT2D eigenvalue weighted by Crippen LogP contribution is 2.26. The number of benzene rings is 3. The van der Waals surface area contributed by atoms with Gasteiger partial charge in [-0.3, -0.25) is 0 Å². The monoisotopic (exact) mass is 384 g/mol. The van der Waals surface area contributed by atoms with Crippen LogP contribution < -0.4 is 16.4 Å². The zero-order chi connectivity index (χ0) is 20.1. The molecule has 0 saturated carbocycles. The highest BCUT2D eigenvalue weighted by molar-refractivity contribution is 5.86. The summed E-state index contributed by atoms with van der Waals surface area (Å²) in [5, 5.41) is 9.00. The number of anilines is 3. The van der Waals surface area contributed by atoms with Crippen LogP contribution in [0.2, 0.25) is 0 Å². The van der Waals surface area contributed by atoms with E-state index in [-0.39, 0.29) is 12.0 Å². The van der Waals surface area contributed by atoms with E-state index in [9.17, 15) is 0 Å². The number of aromatic nitrogens is 3.